The van der Waals surface area contributed by atoms with Gasteiger partial charge in [-0.05, 0) is 12.3 Å². The van der Waals surface area contributed by atoms with Crippen LogP contribution in [0.3, 0.4) is 0 Å². The van der Waals surface area contributed by atoms with Crippen molar-refractivity contribution < 1.29 is 9.59 Å². The van der Waals surface area contributed by atoms with Crippen LogP contribution < -0.4 is 11.1 Å². The third kappa shape index (κ3) is 4.34. The molecule has 5 heteroatoms. The van der Waals surface area contributed by atoms with Crippen LogP contribution in [0.15, 0.2) is 0 Å². The van der Waals surface area contributed by atoms with Crippen molar-refractivity contribution in [2.45, 2.75) is 45.7 Å². The fourth-order valence-corrected chi connectivity index (χ4v) is 1.96. The fraction of sp³-hybridized carbons (Fsp3) is 0.833. The van der Waals surface area contributed by atoms with Crippen LogP contribution in [0.5, 0.6) is 0 Å². The normalized spacial score (nSPS) is 21.7. The molecule has 3 N–H and O–H groups in total. The lowest BCUT2D eigenvalue weighted by Crippen LogP contribution is -2.40. The molecule has 0 aromatic rings. The van der Waals surface area contributed by atoms with Gasteiger partial charge in [0.05, 0.1) is 0 Å². The molecule has 1 heterocycles. The molecule has 1 aliphatic rings. The van der Waals surface area contributed by atoms with Gasteiger partial charge in [-0.15, -0.1) is 0 Å². The van der Waals surface area contributed by atoms with Gasteiger partial charge in [0.2, 0.25) is 11.8 Å². The van der Waals surface area contributed by atoms with Gasteiger partial charge in [-0.2, -0.15) is 0 Å². The van der Waals surface area contributed by atoms with Crippen molar-refractivity contribution in [1.82, 2.24) is 10.2 Å². The van der Waals surface area contributed by atoms with E-state index in [0.717, 1.165) is 6.42 Å². The summed E-state index contributed by atoms with van der Waals surface area (Å²) in [4.78, 5) is 24.6. The molecule has 2 amide bonds. The maximum Gasteiger partial charge on any atom is 0.224 e. The minimum Gasteiger partial charge on any atom is -0.352 e. The van der Waals surface area contributed by atoms with Crippen molar-refractivity contribution in [3.05, 3.63) is 0 Å². The van der Waals surface area contributed by atoms with Crippen molar-refractivity contribution in [2.75, 3.05) is 13.1 Å². The topological polar surface area (TPSA) is 75.4 Å². The highest BCUT2D eigenvalue weighted by atomic mass is 16.2. The molecule has 0 saturated carbocycles. The van der Waals surface area contributed by atoms with E-state index in [-0.39, 0.29) is 23.9 Å². The molecule has 2 atom stereocenters. The van der Waals surface area contributed by atoms with Gasteiger partial charge in [-0.3, -0.25) is 9.59 Å². The SMILES string of the molecule is CC(=O)NC1CCN(C(=O)CC(N)C(C)C)C1. The minimum absolute atomic E-state index is 0.0387. The Morgan fingerprint density at radius 3 is 2.65 bits per heavy atom. The van der Waals surface area contributed by atoms with E-state index in [9.17, 15) is 9.59 Å². The Morgan fingerprint density at radius 2 is 2.12 bits per heavy atom. The molecule has 1 fully saturated rings. The number of carbonyl (C=O) groups is 2. The second-order valence-corrected chi connectivity index (χ2v) is 5.14. The number of rotatable bonds is 4. The zero-order chi connectivity index (χ0) is 13.0. The summed E-state index contributed by atoms with van der Waals surface area (Å²) in [6, 6.07) is 0.0223. The van der Waals surface area contributed by atoms with Crippen molar-refractivity contribution in [1.29, 1.82) is 0 Å². The molecule has 2 unspecified atom stereocenters. The van der Waals surface area contributed by atoms with Gasteiger partial charge in [0.15, 0.2) is 0 Å². The van der Waals surface area contributed by atoms with E-state index in [1.807, 2.05) is 13.8 Å². The number of carbonyl (C=O) groups excluding carboxylic acids is 2. The molecule has 0 bridgehead atoms. The molecule has 1 saturated heterocycles. The molecule has 1 aliphatic heterocycles. The number of amides is 2. The van der Waals surface area contributed by atoms with E-state index in [2.05, 4.69) is 5.32 Å². The lowest BCUT2D eigenvalue weighted by molar-refractivity contribution is -0.131. The van der Waals surface area contributed by atoms with Gasteiger partial charge in [0.25, 0.3) is 0 Å². The zero-order valence-corrected chi connectivity index (χ0v) is 10.9. The van der Waals surface area contributed by atoms with Crippen molar-refractivity contribution in [3.8, 4) is 0 Å². The van der Waals surface area contributed by atoms with E-state index in [1.54, 1.807) is 4.90 Å². The molecule has 5 nitrogen and oxygen atoms in total. The maximum absolute atomic E-state index is 11.9. The van der Waals surface area contributed by atoms with Gasteiger partial charge in [-0.25, -0.2) is 0 Å². The van der Waals surface area contributed by atoms with E-state index in [4.69, 9.17) is 5.73 Å². The van der Waals surface area contributed by atoms with Crippen LogP contribution in [0.4, 0.5) is 0 Å². The number of nitrogens with zero attached hydrogens (tertiary/aromatic N) is 1. The molecule has 17 heavy (non-hydrogen) atoms. The molecular weight excluding hydrogens is 218 g/mol. The monoisotopic (exact) mass is 241 g/mol. The zero-order valence-electron chi connectivity index (χ0n) is 10.9. The molecule has 0 aliphatic carbocycles. The summed E-state index contributed by atoms with van der Waals surface area (Å²) in [6.07, 6.45) is 1.23. The molecule has 1 rings (SSSR count). The Hall–Kier alpha value is -1.10. The molecular formula is C12H23N3O2. The number of hydrogen-bond donors (Lipinski definition) is 2. The summed E-state index contributed by atoms with van der Waals surface area (Å²) in [5.74, 6) is 0.370. The highest BCUT2D eigenvalue weighted by molar-refractivity contribution is 5.77. The van der Waals surface area contributed by atoms with Crippen LogP contribution in [0.2, 0.25) is 0 Å². The van der Waals surface area contributed by atoms with Gasteiger partial charge >= 0.3 is 0 Å². The second kappa shape index (κ2) is 6.00. The summed E-state index contributed by atoms with van der Waals surface area (Å²) in [5, 5.41) is 2.84. The summed E-state index contributed by atoms with van der Waals surface area (Å²) >= 11 is 0. The van der Waals surface area contributed by atoms with Crippen LogP contribution in [-0.2, 0) is 9.59 Å². The third-order valence-electron chi connectivity index (χ3n) is 3.21. The lowest BCUT2D eigenvalue weighted by Gasteiger charge is -2.21. The van der Waals surface area contributed by atoms with E-state index in [1.165, 1.54) is 6.92 Å². The predicted octanol–water partition coefficient (Wildman–Crippen LogP) is 0.0968. The molecule has 0 spiro atoms. The Balaban J connectivity index is 2.37. The number of nitrogens with two attached hydrogens (primary N) is 1. The van der Waals surface area contributed by atoms with Crippen LogP contribution in [0, 0.1) is 5.92 Å². The summed E-state index contributed by atoms with van der Waals surface area (Å²) in [6.45, 7) is 6.86. The summed E-state index contributed by atoms with van der Waals surface area (Å²) < 4.78 is 0. The van der Waals surface area contributed by atoms with Crippen LogP contribution in [0.1, 0.15) is 33.6 Å². The molecule has 0 aromatic heterocycles. The van der Waals surface area contributed by atoms with Crippen LogP contribution in [0.25, 0.3) is 0 Å². The molecule has 0 aromatic carbocycles. The molecule has 98 valence electrons. The lowest BCUT2D eigenvalue weighted by atomic mass is 10.0. The summed E-state index contributed by atoms with van der Waals surface area (Å²) in [5.41, 5.74) is 5.88. The van der Waals surface area contributed by atoms with E-state index >= 15 is 0 Å². The van der Waals surface area contributed by atoms with Crippen molar-refractivity contribution in [2.24, 2.45) is 11.7 Å². The minimum atomic E-state index is -0.0812. The number of nitrogens with one attached hydrogen (secondary N) is 1. The predicted molar refractivity (Wildman–Crippen MR) is 66.2 cm³/mol. The van der Waals surface area contributed by atoms with Gasteiger partial charge in [0, 0.05) is 38.5 Å². The van der Waals surface area contributed by atoms with Gasteiger partial charge in [-0.1, -0.05) is 13.8 Å². The smallest absolute Gasteiger partial charge is 0.224 e. The fourth-order valence-electron chi connectivity index (χ4n) is 1.96. The van der Waals surface area contributed by atoms with Gasteiger partial charge in [0.1, 0.15) is 0 Å². The van der Waals surface area contributed by atoms with Crippen LogP contribution in [-0.4, -0.2) is 41.9 Å². The summed E-state index contributed by atoms with van der Waals surface area (Å²) in [7, 11) is 0. The van der Waals surface area contributed by atoms with E-state index in [0.29, 0.717) is 25.4 Å². The Bertz CT molecular complexity index is 291. The Morgan fingerprint density at radius 1 is 1.47 bits per heavy atom. The van der Waals surface area contributed by atoms with Crippen LogP contribution >= 0.6 is 0 Å². The number of hydrogen-bond acceptors (Lipinski definition) is 3. The first-order valence-corrected chi connectivity index (χ1v) is 6.20. The van der Waals surface area contributed by atoms with Gasteiger partial charge < -0.3 is 16.0 Å². The second-order valence-electron chi connectivity index (χ2n) is 5.14. The highest BCUT2D eigenvalue weighted by Crippen LogP contribution is 2.13. The maximum atomic E-state index is 11.9. The number of likely N-dealkylation sites (tertiary alicyclic amines) is 1. The Labute approximate surface area is 103 Å². The first kappa shape index (κ1) is 14.0. The molecule has 0 radical (unpaired) electrons. The van der Waals surface area contributed by atoms with Crippen molar-refractivity contribution in [3.63, 3.8) is 0 Å². The largest absolute Gasteiger partial charge is 0.352 e. The first-order valence-electron chi connectivity index (χ1n) is 6.20. The van der Waals surface area contributed by atoms with E-state index < -0.39 is 0 Å². The first-order chi connectivity index (χ1) is 7.90. The Kier molecular flexibility index (Phi) is 4.93. The third-order valence-corrected chi connectivity index (χ3v) is 3.21. The quantitative estimate of drug-likeness (QED) is 0.733. The highest BCUT2D eigenvalue weighted by Gasteiger charge is 2.27. The average molecular weight is 241 g/mol. The van der Waals surface area contributed by atoms with Crippen molar-refractivity contribution >= 4 is 11.8 Å². The standard InChI is InChI=1S/C12H23N3O2/c1-8(2)11(13)6-12(17)15-5-4-10(7-15)14-9(3)16/h8,10-11H,4-7,13H2,1-3H3,(H,14,16). The average Bonchev–Trinajstić information content (AvgIpc) is 2.64.